The molecule has 12 heavy (non-hydrogen) atoms. The number of benzene rings is 1. The Hall–Kier alpha value is -0.780. The van der Waals surface area contributed by atoms with Gasteiger partial charge in [-0.25, -0.2) is 0 Å². The third-order valence-corrected chi connectivity index (χ3v) is 2.21. The highest BCUT2D eigenvalue weighted by atomic mass is 14.1. The molecule has 0 aliphatic carbocycles. The summed E-state index contributed by atoms with van der Waals surface area (Å²) in [7, 11) is 0. The Balaban J connectivity index is 2.41. The lowest BCUT2D eigenvalue weighted by Crippen LogP contribution is -1.98. The van der Waals surface area contributed by atoms with Crippen molar-refractivity contribution in [3.05, 3.63) is 35.9 Å². The highest BCUT2D eigenvalue weighted by Crippen LogP contribution is 2.12. The van der Waals surface area contributed by atoms with Crippen LogP contribution in [0.5, 0.6) is 0 Å². The lowest BCUT2D eigenvalue weighted by Gasteiger charge is -2.08. The quantitative estimate of drug-likeness (QED) is 0.633. The average molecular weight is 162 g/mol. The van der Waals surface area contributed by atoms with Crippen LogP contribution >= 0.6 is 0 Å². The van der Waals surface area contributed by atoms with Crippen LogP contribution in [0.15, 0.2) is 30.3 Å². The van der Waals surface area contributed by atoms with Gasteiger partial charge in [-0.2, -0.15) is 0 Å². The van der Waals surface area contributed by atoms with E-state index in [-0.39, 0.29) is 0 Å². The minimum atomic E-state index is 0.831. The predicted octanol–water partition coefficient (Wildman–Crippen LogP) is 3.67. The first-order chi connectivity index (χ1) is 5.83. The van der Waals surface area contributed by atoms with Crippen molar-refractivity contribution in [3.8, 4) is 0 Å². The number of rotatable bonds is 4. The zero-order valence-corrected chi connectivity index (χ0v) is 8.09. The molecule has 1 rings (SSSR count). The van der Waals surface area contributed by atoms with Gasteiger partial charge in [0.2, 0.25) is 0 Å². The van der Waals surface area contributed by atoms with Crippen LogP contribution in [0.2, 0.25) is 0 Å². The van der Waals surface area contributed by atoms with Crippen molar-refractivity contribution < 1.29 is 0 Å². The van der Waals surface area contributed by atoms with Gasteiger partial charge in [0, 0.05) is 0 Å². The van der Waals surface area contributed by atoms with Gasteiger partial charge in [0.1, 0.15) is 0 Å². The maximum atomic E-state index is 2.33. The molecule has 0 aliphatic heterocycles. The fourth-order valence-corrected chi connectivity index (χ4v) is 1.61. The summed E-state index contributed by atoms with van der Waals surface area (Å²) in [5, 5.41) is 0. The second kappa shape index (κ2) is 4.97. The summed E-state index contributed by atoms with van der Waals surface area (Å²) in [6, 6.07) is 10.7. The summed E-state index contributed by atoms with van der Waals surface area (Å²) in [6.07, 6.45) is 3.87. The molecule has 0 aromatic heterocycles. The van der Waals surface area contributed by atoms with Crippen LogP contribution in [-0.2, 0) is 6.42 Å². The van der Waals surface area contributed by atoms with Gasteiger partial charge >= 0.3 is 0 Å². The van der Waals surface area contributed by atoms with E-state index in [0.29, 0.717) is 0 Å². The normalized spacial score (nSPS) is 12.8. The lowest BCUT2D eigenvalue weighted by atomic mass is 9.97. The third-order valence-electron chi connectivity index (χ3n) is 2.21. The molecule has 0 heterocycles. The molecular formula is C12H18. The molecule has 0 radical (unpaired) electrons. The Kier molecular flexibility index (Phi) is 3.86. The molecule has 0 amide bonds. The molecule has 0 fully saturated rings. The van der Waals surface area contributed by atoms with Gasteiger partial charge in [0.05, 0.1) is 0 Å². The Morgan fingerprint density at radius 1 is 1.17 bits per heavy atom. The molecule has 66 valence electrons. The largest absolute Gasteiger partial charge is 0.0654 e. The lowest BCUT2D eigenvalue weighted by molar-refractivity contribution is 0.522. The molecule has 1 unspecified atom stereocenters. The topological polar surface area (TPSA) is 0 Å². The summed E-state index contributed by atoms with van der Waals surface area (Å²) >= 11 is 0. The summed E-state index contributed by atoms with van der Waals surface area (Å²) in [5.41, 5.74) is 1.47. The molecule has 0 spiro atoms. The van der Waals surface area contributed by atoms with E-state index in [1.807, 2.05) is 0 Å². The monoisotopic (exact) mass is 162 g/mol. The number of hydrogen-bond acceptors (Lipinski definition) is 0. The van der Waals surface area contributed by atoms with Crippen LogP contribution in [0.3, 0.4) is 0 Å². The zero-order valence-electron chi connectivity index (χ0n) is 8.09. The van der Waals surface area contributed by atoms with Gasteiger partial charge in [-0.15, -0.1) is 0 Å². The highest BCUT2D eigenvalue weighted by Gasteiger charge is 2.00. The van der Waals surface area contributed by atoms with Gasteiger partial charge in [0.15, 0.2) is 0 Å². The smallest absolute Gasteiger partial charge is 0.0253 e. The molecule has 1 atom stereocenters. The molecule has 0 nitrogen and oxygen atoms in total. The van der Waals surface area contributed by atoms with Crippen LogP contribution in [0, 0.1) is 5.92 Å². The van der Waals surface area contributed by atoms with Crippen molar-refractivity contribution in [1.29, 1.82) is 0 Å². The molecular weight excluding hydrogens is 144 g/mol. The minimum Gasteiger partial charge on any atom is -0.0654 e. The van der Waals surface area contributed by atoms with Crippen molar-refractivity contribution in [2.45, 2.75) is 33.1 Å². The minimum absolute atomic E-state index is 0.831. The fraction of sp³-hybridized carbons (Fsp3) is 0.500. The summed E-state index contributed by atoms with van der Waals surface area (Å²) in [5.74, 6) is 0.831. The highest BCUT2D eigenvalue weighted by molar-refractivity contribution is 5.14. The standard InChI is InChI=1S/C12H18/c1-3-7-11(2)10-12-8-5-4-6-9-12/h4-6,8-9,11H,3,7,10H2,1-2H3. The first kappa shape index (κ1) is 9.31. The van der Waals surface area contributed by atoms with Crippen LogP contribution < -0.4 is 0 Å². The summed E-state index contributed by atoms with van der Waals surface area (Å²) in [4.78, 5) is 0. The molecule has 1 aromatic carbocycles. The zero-order chi connectivity index (χ0) is 8.81. The van der Waals surface area contributed by atoms with Crippen molar-refractivity contribution >= 4 is 0 Å². The third kappa shape index (κ3) is 3.08. The maximum absolute atomic E-state index is 2.33. The molecule has 1 aromatic rings. The van der Waals surface area contributed by atoms with E-state index in [1.54, 1.807) is 0 Å². The van der Waals surface area contributed by atoms with Crippen molar-refractivity contribution in [2.75, 3.05) is 0 Å². The molecule has 0 N–H and O–H groups in total. The summed E-state index contributed by atoms with van der Waals surface area (Å²) in [6.45, 7) is 4.58. The SMILES string of the molecule is CCCC(C)Cc1ccccc1. The molecule has 0 aliphatic rings. The van der Waals surface area contributed by atoms with Gasteiger partial charge in [0.25, 0.3) is 0 Å². The van der Waals surface area contributed by atoms with E-state index in [0.717, 1.165) is 5.92 Å². The van der Waals surface area contributed by atoms with Gasteiger partial charge in [-0.05, 0) is 17.9 Å². The first-order valence-electron chi connectivity index (χ1n) is 4.87. The fourth-order valence-electron chi connectivity index (χ4n) is 1.61. The van der Waals surface area contributed by atoms with E-state index >= 15 is 0 Å². The average Bonchev–Trinajstić information content (AvgIpc) is 2.06. The van der Waals surface area contributed by atoms with E-state index in [1.165, 1.54) is 24.8 Å². The second-order valence-electron chi connectivity index (χ2n) is 3.58. The van der Waals surface area contributed by atoms with Crippen LogP contribution in [0.25, 0.3) is 0 Å². The Morgan fingerprint density at radius 3 is 2.42 bits per heavy atom. The molecule has 0 heteroatoms. The van der Waals surface area contributed by atoms with Crippen LogP contribution in [0.4, 0.5) is 0 Å². The van der Waals surface area contributed by atoms with Crippen molar-refractivity contribution in [2.24, 2.45) is 5.92 Å². The van der Waals surface area contributed by atoms with Gasteiger partial charge < -0.3 is 0 Å². The van der Waals surface area contributed by atoms with E-state index in [9.17, 15) is 0 Å². The van der Waals surface area contributed by atoms with Gasteiger partial charge in [-0.3, -0.25) is 0 Å². The Labute approximate surface area is 75.6 Å². The molecule has 0 saturated heterocycles. The van der Waals surface area contributed by atoms with Crippen molar-refractivity contribution in [3.63, 3.8) is 0 Å². The van der Waals surface area contributed by atoms with Crippen LogP contribution in [-0.4, -0.2) is 0 Å². The van der Waals surface area contributed by atoms with Gasteiger partial charge in [-0.1, -0.05) is 57.0 Å². The maximum Gasteiger partial charge on any atom is -0.0253 e. The van der Waals surface area contributed by atoms with E-state index < -0.39 is 0 Å². The second-order valence-corrected chi connectivity index (χ2v) is 3.58. The van der Waals surface area contributed by atoms with Crippen molar-refractivity contribution in [1.82, 2.24) is 0 Å². The Morgan fingerprint density at radius 2 is 1.83 bits per heavy atom. The van der Waals surface area contributed by atoms with E-state index in [4.69, 9.17) is 0 Å². The molecule has 0 saturated carbocycles. The number of hydrogen-bond donors (Lipinski definition) is 0. The van der Waals surface area contributed by atoms with E-state index in [2.05, 4.69) is 44.2 Å². The predicted molar refractivity (Wildman–Crippen MR) is 54.2 cm³/mol. The Bertz CT molecular complexity index is 201. The molecule has 0 bridgehead atoms. The van der Waals surface area contributed by atoms with Crippen LogP contribution in [0.1, 0.15) is 32.3 Å². The first-order valence-corrected chi connectivity index (χ1v) is 4.87. The summed E-state index contributed by atoms with van der Waals surface area (Å²) < 4.78 is 0.